The summed E-state index contributed by atoms with van der Waals surface area (Å²) in [5.41, 5.74) is 1.68. The van der Waals surface area contributed by atoms with Crippen LogP contribution in [0.15, 0.2) is 41.4 Å². The Morgan fingerprint density at radius 1 is 1.09 bits per heavy atom. The topological polar surface area (TPSA) is 80.3 Å². The number of hydrogen-bond donors (Lipinski definition) is 0. The number of carbonyl (C=O) groups is 3. The number of alkyl halides is 3. The van der Waals surface area contributed by atoms with Crippen molar-refractivity contribution in [3.8, 4) is 0 Å². The number of benzene rings is 1. The Hall–Kier alpha value is -3.64. The number of pyridine rings is 1. The van der Waals surface area contributed by atoms with Crippen molar-refractivity contribution in [1.82, 2.24) is 14.8 Å². The van der Waals surface area contributed by atoms with E-state index in [1.165, 1.54) is 11.8 Å². The Labute approximate surface area is 279 Å². The summed E-state index contributed by atoms with van der Waals surface area (Å²) in [7, 11) is 7.43. The number of rotatable bonds is 12. The van der Waals surface area contributed by atoms with E-state index in [9.17, 15) is 27.6 Å². The fourth-order valence-corrected chi connectivity index (χ4v) is 6.40. The predicted molar refractivity (Wildman–Crippen MR) is 179 cm³/mol. The van der Waals surface area contributed by atoms with E-state index in [4.69, 9.17) is 11.6 Å². The molecule has 1 aromatic heterocycles. The number of para-hydroxylation sites is 1. The van der Waals surface area contributed by atoms with Crippen molar-refractivity contribution in [3.05, 3.63) is 58.3 Å². The first-order chi connectivity index (χ1) is 22.1. The maximum Gasteiger partial charge on any atom is 0.416 e. The maximum absolute atomic E-state index is 13.9. The standard InChI is InChI=1S/C34H44ClF3N6O3/c1-22-10-9-12-27(31(22)41(5)16-8-7-11-24-20-43(21-24)32(46)26(35)15-17-40(3)4)42(6)33(47)28-13-14-30(45)44(28)29-19-25(34(36,37)38)18-23(2)39-29/h9-10,12,15,18-19,24,28H,7-8,11,13-14,16-17,20-21H2,1-6H3/b26-15-. The number of unbranched alkanes of at least 4 members (excludes halogenated alkanes) is 1. The first kappa shape index (κ1) is 36.2. The quantitative estimate of drug-likeness (QED) is 0.214. The molecule has 2 fully saturated rings. The van der Waals surface area contributed by atoms with Crippen LogP contribution in [-0.2, 0) is 20.6 Å². The molecule has 3 amide bonds. The minimum Gasteiger partial charge on any atom is -0.373 e. The summed E-state index contributed by atoms with van der Waals surface area (Å²) in [4.78, 5) is 51.9. The largest absolute Gasteiger partial charge is 0.416 e. The highest BCUT2D eigenvalue weighted by molar-refractivity contribution is 6.42. The van der Waals surface area contributed by atoms with Crippen LogP contribution in [0.5, 0.6) is 0 Å². The van der Waals surface area contributed by atoms with Gasteiger partial charge in [0.05, 0.1) is 16.9 Å². The average Bonchev–Trinajstić information content (AvgIpc) is 3.37. The molecule has 3 heterocycles. The van der Waals surface area contributed by atoms with Gasteiger partial charge in [0.1, 0.15) is 16.9 Å². The molecule has 2 aliphatic rings. The Morgan fingerprint density at radius 3 is 2.45 bits per heavy atom. The first-order valence-corrected chi connectivity index (χ1v) is 16.2. The van der Waals surface area contributed by atoms with Crippen LogP contribution >= 0.6 is 11.6 Å². The van der Waals surface area contributed by atoms with Crippen molar-refractivity contribution < 1.29 is 27.6 Å². The monoisotopic (exact) mass is 676 g/mol. The Bertz CT molecular complexity index is 1510. The number of aryl methyl sites for hydroxylation is 2. The van der Waals surface area contributed by atoms with Gasteiger partial charge in [-0.2, -0.15) is 13.2 Å². The number of nitrogens with zero attached hydrogens (tertiary/aromatic N) is 6. The molecule has 13 heteroatoms. The van der Waals surface area contributed by atoms with E-state index < -0.39 is 29.6 Å². The molecule has 0 spiro atoms. The highest BCUT2D eigenvalue weighted by Crippen LogP contribution is 2.37. The number of likely N-dealkylation sites (N-methyl/N-ethyl adjacent to an activating group) is 2. The molecule has 2 aliphatic heterocycles. The van der Waals surface area contributed by atoms with E-state index in [-0.39, 0.29) is 35.3 Å². The fourth-order valence-electron chi connectivity index (χ4n) is 6.21. The summed E-state index contributed by atoms with van der Waals surface area (Å²) in [5, 5.41) is 0.255. The number of carbonyl (C=O) groups excluding carboxylic acids is 3. The third-order valence-corrected chi connectivity index (χ3v) is 9.06. The second kappa shape index (κ2) is 15.1. The summed E-state index contributed by atoms with van der Waals surface area (Å²) < 4.78 is 40.6. The maximum atomic E-state index is 13.9. The molecule has 47 heavy (non-hydrogen) atoms. The van der Waals surface area contributed by atoms with Crippen LogP contribution in [0.25, 0.3) is 0 Å². The van der Waals surface area contributed by atoms with Gasteiger partial charge in [-0.3, -0.25) is 19.3 Å². The van der Waals surface area contributed by atoms with Gasteiger partial charge in [-0.1, -0.05) is 30.2 Å². The first-order valence-electron chi connectivity index (χ1n) is 15.8. The zero-order valence-corrected chi connectivity index (χ0v) is 28.7. The lowest BCUT2D eigenvalue weighted by Gasteiger charge is -2.39. The van der Waals surface area contributed by atoms with Gasteiger partial charge in [-0.05, 0) is 83.0 Å². The molecule has 1 unspecified atom stereocenters. The summed E-state index contributed by atoms with van der Waals surface area (Å²) in [6.07, 6.45) is 0.200. The average molecular weight is 677 g/mol. The molecule has 1 aromatic carbocycles. The van der Waals surface area contributed by atoms with Crippen LogP contribution in [0.1, 0.15) is 48.9 Å². The molecule has 256 valence electrons. The molecular formula is C34H44ClF3N6O3. The van der Waals surface area contributed by atoms with Crippen molar-refractivity contribution in [2.75, 3.05) is 69.1 Å². The van der Waals surface area contributed by atoms with Crippen LogP contribution in [0.2, 0.25) is 0 Å². The molecule has 0 saturated carbocycles. The predicted octanol–water partition coefficient (Wildman–Crippen LogP) is 5.62. The second-order valence-electron chi connectivity index (χ2n) is 12.8. The molecule has 2 aromatic rings. The van der Waals surface area contributed by atoms with Crippen LogP contribution in [0, 0.1) is 19.8 Å². The van der Waals surface area contributed by atoms with E-state index in [2.05, 4.69) is 9.88 Å². The third kappa shape index (κ3) is 8.64. The summed E-state index contributed by atoms with van der Waals surface area (Å²) in [5.74, 6) is -0.689. The zero-order chi connectivity index (χ0) is 34.6. The van der Waals surface area contributed by atoms with Crippen LogP contribution in [0.3, 0.4) is 0 Å². The van der Waals surface area contributed by atoms with Gasteiger partial charge in [0.2, 0.25) is 11.8 Å². The summed E-state index contributed by atoms with van der Waals surface area (Å²) >= 11 is 6.18. The van der Waals surface area contributed by atoms with Crippen molar-refractivity contribution in [2.24, 2.45) is 5.92 Å². The second-order valence-corrected chi connectivity index (χ2v) is 13.2. The zero-order valence-electron chi connectivity index (χ0n) is 27.9. The summed E-state index contributed by atoms with van der Waals surface area (Å²) in [6.45, 7) is 6.14. The minimum atomic E-state index is -4.61. The van der Waals surface area contributed by atoms with Gasteiger partial charge in [-0.15, -0.1) is 0 Å². The Morgan fingerprint density at radius 2 is 1.79 bits per heavy atom. The van der Waals surface area contributed by atoms with Crippen molar-refractivity contribution in [3.63, 3.8) is 0 Å². The van der Waals surface area contributed by atoms with Gasteiger partial charge in [-0.25, -0.2) is 4.98 Å². The van der Waals surface area contributed by atoms with Crippen LogP contribution in [0.4, 0.5) is 30.4 Å². The lowest BCUT2D eigenvalue weighted by Crippen LogP contribution is -2.50. The van der Waals surface area contributed by atoms with E-state index >= 15 is 0 Å². The van der Waals surface area contributed by atoms with Crippen LogP contribution in [-0.4, -0.2) is 92.9 Å². The van der Waals surface area contributed by atoms with Gasteiger partial charge in [0.25, 0.3) is 5.91 Å². The SMILES string of the molecule is Cc1cc(C(F)(F)F)cc(N2C(=O)CCC2C(=O)N(C)c2cccc(C)c2N(C)CCCCC2CN(C(=O)/C(Cl)=C/CN(C)C)C2)n1. The number of aromatic nitrogens is 1. The molecule has 0 bridgehead atoms. The van der Waals surface area contributed by atoms with Gasteiger partial charge < -0.3 is 19.6 Å². The molecule has 0 N–H and O–H groups in total. The van der Waals surface area contributed by atoms with E-state index in [0.29, 0.717) is 31.2 Å². The van der Waals surface area contributed by atoms with E-state index in [0.717, 1.165) is 54.1 Å². The Balaban J connectivity index is 1.38. The van der Waals surface area contributed by atoms with Gasteiger partial charge in [0, 0.05) is 52.4 Å². The normalized spacial score (nSPS) is 17.4. The highest BCUT2D eigenvalue weighted by atomic mass is 35.5. The molecule has 0 radical (unpaired) electrons. The van der Waals surface area contributed by atoms with Crippen molar-refractivity contribution in [2.45, 2.75) is 58.2 Å². The third-order valence-electron chi connectivity index (χ3n) is 8.74. The molecule has 1 atom stereocenters. The Kier molecular flexibility index (Phi) is 11.6. The minimum absolute atomic E-state index is 0.0366. The van der Waals surface area contributed by atoms with E-state index in [1.807, 2.05) is 51.2 Å². The van der Waals surface area contributed by atoms with Gasteiger partial charge in [0.15, 0.2) is 0 Å². The van der Waals surface area contributed by atoms with E-state index in [1.54, 1.807) is 18.0 Å². The molecular weight excluding hydrogens is 633 g/mol. The molecule has 4 rings (SSSR count). The molecule has 0 aliphatic carbocycles. The van der Waals surface area contributed by atoms with Crippen molar-refractivity contribution in [1.29, 1.82) is 0 Å². The number of likely N-dealkylation sites (tertiary alicyclic amines) is 1. The smallest absolute Gasteiger partial charge is 0.373 e. The van der Waals surface area contributed by atoms with Gasteiger partial charge >= 0.3 is 6.18 Å². The number of amides is 3. The number of halogens is 4. The fraction of sp³-hybridized carbons (Fsp3) is 0.529. The molecule has 9 nitrogen and oxygen atoms in total. The van der Waals surface area contributed by atoms with Crippen LogP contribution < -0.4 is 14.7 Å². The summed E-state index contributed by atoms with van der Waals surface area (Å²) in [6, 6.07) is 6.43. The van der Waals surface area contributed by atoms with Crippen molar-refractivity contribution >= 4 is 46.5 Å². The highest BCUT2D eigenvalue weighted by Gasteiger charge is 2.41. The molecule has 2 saturated heterocycles. The lowest BCUT2D eigenvalue weighted by atomic mass is 9.93. The lowest BCUT2D eigenvalue weighted by molar-refractivity contribution is -0.137. The number of hydrogen-bond acceptors (Lipinski definition) is 6. The number of anilines is 3.